The summed E-state index contributed by atoms with van der Waals surface area (Å²) in [7, 11) is 1.64. The minimum absolute atomic E-state index is 0.190. The van der Waals surface area contributed by atoms with Crippen LogP contribution in [-0.4, -0.2) is 25.4 Å². The molecule has 0 aliphatic carbocycles. The fraction of sp³-hybridized carbons (Fsp3) is 0.294. The fourth-order valence-electron chi connectivity index (χ4n) is 2.05. The third-order valence-electron chi connectivity index (χ3n) is 3.18. The van der Waals surface area contributed by atoms with Crippen LogP contribution in [0.1, 0.15) is 11.1 Å². The molecule has 0 aliphatic heterocycles. The minimum atomic E-state index is 0.190. The van der Waals surface area contributed by atoms with E-state index in [4.69, 9.17) is 14.6 Å². The first-order chi connectivity index (χ1) is 10.3. The molecule has 2 rings (SSSR count). The van der Waals surface area contributed by atoms with E-state index in [1.165, 1.54) is 0 Å². The molecule has 2 aromatic carbocycles. The molecule has 0 atom stereocenters. The molecule has 0 saturated carbocycles. The van der Waals surface area contributed by atoms with E-state index < -0.39 is 0 Å². The summed E-state index contributed by atoms with van der Waals surface area (Å²) in [6.45, 7) is 2.23. The molecule has 112 valence electrons. The van der Waals surface area contributed by atoms with Crippen LogP contribution in [0.3, 0.4) is 0 Å². The predicted molar refractivity (Wildman–Crippen MR) is 81.4 cm³/mol. The maximum Gasteiger partial charge on any atom is 0.161 e. The average Bonchev–Trinajstić information content (AvgIpc) is 2.54. The molecule has 0 heterocycles. The maximum atomic E-state index is 8.79. The molecule has 0 spiro atoms. The van der Waals surface area contributed by atoms with Crippen molar-refractivity contribution in [2.75, 3.05) is 20.3 Å². The Kier molecular flexibility index (Phi) is 6.06. The molecule has 0 bridgehead atoms. The number of methoxy groups -OCH3 is 1. The SMILES string of the molecule is COc1cc(C[NH2+]CCO)ccc1OCc1ccccc1. The van der Waals surface area contributed by atoms with Gasteiger partial charge in [0.2, 0.25) is 0 Å². The molecular formula is C17H22NO3+. The smallest absolute Gasteiger partial charge is 0.161 e. The first-order valence-electron chi connectivity index (χ1n) is 7.09. The fourth-order valence-corrected chi connectivity index (χ4v) is 2.05. The summed E-state index contributed by atoms with van der Waals surface area (Å²) in [4.78, 5) is 0. The van der Waals surface area contributed by atoms with Gasteiger partial charge in [-0.3, -0.25) is 0 Å². The van der Waals surface area contributed by atoms with Crippen LogP contribution in [0, 0.1) is 0 Å². The first kappa shape index (κ1) is 15.4. The molecule has 0 amide bonds. The van der Waals surface area contributed by atoms with Gasteiger partial charge in [0.15, 0.2) is 11.5 Å². The Labute approximate surface area is 125 Å². The normalized spacial score (nSPS) is 10.4. The zero-order valence-corrected chi connectivity index (χ0v) is 12.3. The molecule has 4 nitrogen and oxygen atoms in total. The van der Waals surface area contributed by atoms with Crippen LogP contribution in [0.25, 0.3) is 0 Å². The van der Waals surface area contributed by atoms with Crippen molar-refractivity contribution < 1.29 is 19.9 Å². The van der Waals surface area contributed by atoms with Gasteiger partial charge >= 0.3 is 0 Å². The second kappa shape index (κ2) is 8.29. The van der Waals surface area contributed by atoms with Gasteiger partial charge in [0.1, 0.15) is 13.2 Å². The number of aliphatic hydroxyl groups is 1. The van der Waals surface area contributed by atoms with E-state index in [9.17, 15) is 0 Å². The number of aliphatic hydroxyl groups excluding tert-OH is 1. The standard InChI is InChI=1S/C17H21NO3/c1-20-17-11-15(12-18-9-10-19)7-8-16(17)21-13-14-5-3-2-4-6-14/h2-8,11,18-19H,9-10,12-13H2,1H3/p+1. The van der Waals surface area contributed by atoms with Crippen molar-refractivity contribution in [2.24, 2.45) is 0 Å². The van der Waals surface area contributed by atoms with Crippen molar-refractivity contribution in [2.45, 2.75) is 13.2 Å². The molecule has 0 fully saturated rings. The highest BCUT2D eigenvalue weighted by Crippen LogP contribution is 2.28. The second-order valence-corrected chi connectivity index (χ2v) is 4.76. The van der Waals surface area contributed by atoms with Crippen molar-refractivity contribution in [1.29, 1.82) is 0 Å². The maximum absolute atomic E-state index is 8.79. The van der Waals surface area contributed by atoms with Gasteiger partial charge in [0, 0.05) is 5.56 Å². The highest BCUT2D eigenvalue weighted by Gasteiger charge is 2.07. The van der Waals surface area contributed by atoms with Gasteiger partial charge in [-0.1, -0.05) is 30.3 Å². The molecular weight excluding hydrogens is 266 g/mol. The van der Waals surface area contributed by atoms with Gasteiger partial charge in [-0.2, -0.15) is 0 Å². The Bertz CT molecular complexity index is 543. The molecule has 0 aromatic heterocycles. The Morgan fingerprint density at radius 2 is 1.81 bits per heavy atom. The first-order valence-corrected chi connectivity index (χ1v) is 7.09. The molecule has 0 aliphatic rings. The number of hydrogen-bond acceptors (Lipinski definition) is 3. The van der Waals surface area contributed by atoms with Crippen LogP contribution in [0.5, 0.6) is 11.5 Å². The molecule has 3 N–H and O–H groups in total. The zero-order valence-electron chi connectivity index (χ0n) is 12.3. The van der Waals surface area contributed by atoms with Gasteiger partial charge in [-0.25, -0.2) is 0 Å². The Balaban J connectivity index is 1.99. The number of ether oxygens (including phenoxy) is 2. The molecule has 2 aromatic rings. The van der Waals surface area contributed by atoms with Crippen molar-refractivity contribution in [3.63, 3.8) is 0 Å². The van der Waals surface area contributed by atoms with Gasteiger partial charge in [0.25, 0.3) is 0 Å². The highest BCUT2D eigenvalue weighted by molar-refractivity contribution is 5.42. The molecule has 0 radical (unpaired) electrons. The largest absolute Gasteiger partial charge is 0.493 e. The molecule has 0 unspecified atom stereocenters. The van der Waals surface area contributed by atoms with E-state index in [0.29, 0.717) is 13.2 Å². The van der Waals surface area contributed by atoms with Gasteiger partial charge in [-0.05, 0) is 23.8 Å². The quantitative estimate of drug-likeness (QED) is 0.721. The van der Waals surface area contributed by atoms with Crippen molar-refractivity contribution >= 4 is 0 Å². The third-order valence-corrected chi connectivity index (χ3v) is 3.18. The van der Waals surface area contributed by atoms with Gasteiger partial charge in [0.05, 0.1) is 20.3 Å². The summed E-state index contributed by atoms with van der Waals surface area (Å²) < 4.78 is 11.2. The lowest BCUT2D eigenvalue weighted by atomic mass is 10.2. The summed E-state index contributed by atoms with van der Waals surface area (Å²) >= 11 is 0. The molecule has 4 heteroatoms. The minimum Gasteiger partial charge on any atom is -0.493 e. The predicted octanol–water partition coefficient (Wildman–Crippen LogP) is 1.33. The van der Waals surface area contributed by atoms with Gasteiger partial charge in [-0.15, -0.1) is 0 Å². The summed E-state index contributed by atoms with van der Waals surface area (Å²) in [5.41, 5.74) is 2.27. The molecule has 0 saturated heterocycles. The summed E-state index contributed by atoms with van der Waals surface area (Å²) in [6, 6.07) is 16.0. The third kappa shape index (κ3) is 4.77. The van der Waals surface area contributed by atoms with Crippen molar-refractivity contribution in [1.82, 2.24) is 0 Å². The number of nitrogens with two attached hydrogens (primary N) is 1. The van der Waals surface area contributed by atoms with E-state index in [1.807, 2.05) is 48.5 Å². The van der Waals surface area contributed by atoms with Crippen LogP contribution < -0.4 is 14.8 Å². The van der Waals surface area contributed by atoms with Crippen LogP contribution in [-0.2, 0) is 13.2 Å². The van der Waals surface area contributed by atoms with Crippen molar-refractivity contribution in [3.8, 4) is 11.5 Å². The Morgan fingerprint density at radius 1 is 1.00 bits per heavy atom. The topological polar surface area (TPSA) is 55.3 Å². The lowest BCUT2D eigenvalue weighted by Crippen LogP contribution is -2.83. The monoisotopic (exact) mass is 288 g/mol. The van der Waals surface area contributed by atoms with Crippen molar-refractivity contribution in [3.05, 3.63) is 59.7 Å². The zero-order chi connectivity index (χ0) is 14.9. The molecule has 21 heavy (non-hydrogen) atoms. The van der Waals surface area contributed by atoms with E-state index >= 15 is 0 Å². The summed E-state index contributed by atoms with van der Waals surface area (Å²) in [6.07, 6.45) is 0. The lowest BCUT2D eigenvalue weighted by molar-refractivity contribution is -0.671. The average molecular weight is 288 g/mol. The van der Waals surface area contributed by atoms with Gasteiger partial charge < -0.3 is 19.9 Å². The Morgan fingerprint density at radius 3 is 2.52 bits per heavy atom. The number of benzene rings is 2. The summed E-state index contributed by atoms with van der Waals surface area (Å²) in [5.74, 6) is 1.48. The van der Waals surface area contributed by atoms with Crippen LogP contribution >= 0.6 is 0 Å². The Hall–Kier alpha value is -2.04. The van der Waals surface area contributed by atoms with Crippen LogP contribution in [0.4, 0.5) is 0 Å². The number of rotatable bonds is 8. The van der Waals surface area contributed by atoms with E-state index in [-0.39, 0.29) is 6.61 Å². The van der Waals surface area contributed by atoms with Crippen LogP contribution in [0.2, 0.25) is 0 Å². The number of hydrogen-bond donors (Lipinski definition) is 2. The highest BCUT2D eigenvalue weighted by atomic mass is 16.5. The van der Waals surface area contributed by atoms with Crippen LogP contribution in [0.15, 0.2) is 48.5 Å². The second-order valence-electron chi connectivity index (χ2n) is 4.76. The summed E-state index contributed by atoms with van der Waals surface area (Å²) in [5, 5.41) is 10.8. The van der Waals surface area contributed by atoms with E-state index in [1.54, 1.807) is 7.11 Å². The number of quaternary nitrogens is 1. The van der Waals surface area contributed by atoms with E-state index in [0.717, 1.165) is 29.2 Å². The lowest BCUT2D eigenvalue weighted by Gasteiger charge is -2.12. The van der Waals surface area contributed by atoms with E-state index in [2.05, 4.69) is 5.32 Å².